The third-order valence-corrected chi connectivity index (χ3v) is 6.93. The highest BCUT2D eigenvalue weighted by Crippen LogP contribution is 2.28. The Balaban J connectivity index is 1.11. The molecule has 2 heterocycles. The van der Waals surface area contributed by atoms with E-state index in [9.17, 15) is 19.7 Å². The van der Waals surface area contributed by atoms with Crippen molar-refractivity contribution in [3.05, 3.63) is 141 Å². The second-order valence-corrected chi connectivity index (χ2v) is 10.2. The third-order valence-electron chi connectivity index (χ3n) is 6.93. The number of non-ortho nitro benzene ring substituents is 1. The Morgan fingerprint density at radius 2 is 1.62 bits per heavy atom. The van der Waals surface area contributed by atoms with Crippen molar-refractivity contribution in [1.29, 1.82) is 0 Å². The highest BCUT2D eigenvalue weighted by Gasteiger charge is 2.12. The molecule has 0 spiro atoms. The van der Waals surface area contributed by atoms with Crippen LogP contribution in [0.5, 0.6) is 17.2 Å². The van der Waals surface area contributed by atoms with Crippen molar-refractivity contribution in [2.75, 3.05) is 7.11 Å². The lowest BCUT2D eigenvalue weighted by Gasteiger charge is -2.10. The standard InChI is InChI=1S/C35H30N4O8/c1-23-4-5-24(2)38(23)27-12-14-29(15-13-27)45-22-30-16-18-32(46-30)35(41)37-36-21-26-8-17-31(33(20-26)44-3)47-34(40)19-9-25-6-10-28(11-7-25)39(42)43/h4-21H,22H2,1-3H3,(H,37,41)/b19-9+,36-21+. The summed E-state index contributed by atoms with van der Waals surface area (Å²) in [4.78, 5) is 35.2. The van der Waals surface area contributed by atoms with Crippen molar-refractivity contribution in [2.24, 2.45) is 5.10 Å². The zero-order chi connectivity index (χ0) is 33.3. The molecule has 1 N–H and O–H groups in total. The molecule has 0 bridgehead atoms. The lowest BCUT2D eigenvalue weighted by Crippen LogP contribution is -2.16. The van der Waals surface area contributed by atoms with Crippen molar-refractivity contribution in [1.82, 2.24) is 9.99 Å². The largest absolute Gasteiger partial charge is 0.493 e. The predicted molar refractivity (Wildman–Crippen MR) is 174 cm³/mol. The Labute approximate surface area is 269 Å². The molecule has 1 amide bonds. The van der Waals surface area contributed by atoms with Crippen LogP contribution in [0.1, 0.15) is 38.8 Å². The van der Waals surface area contributed by atoms with Gasteiger partial charge in [0.1, 0.15) is 18.1 Å². The number of nitrogens with one attached hydrogen (secondary N) is 1. The monoisotopic (exact) mass is 634 g/mol. The Bertz CT molecular complexity index is 1930. The fraction of sp³-hybridized carbons (Fsp3) is 0.114. The van der Waals surface area contributed by atoms with Gasteiger partial charge in [0, 0.05) is 35.3 Å². The number of methoxy groups -OCH3 is 1. The third kappa shape index (κ3) is 8.19. The van der Waals surface area contributed by atoms with E-state index in [0.717, 1.165) is 17.1 Å². The van der Waals surface area contributed by atoms with Gasteiger partial charge in [0.2, 0.25) is 0 Å². The molecule has 238 valence electrons. The van der Waals surface area contributed by atoms with E-state index in [4.69, 9.17) is 18.6 Å². The summed E-state index contributed by atoms with van der Waals surface area (Å²) in [5.41, 5.74) is 6.84. The molecule has 0 saturated heterocycles. The first-order valence-electron chi connectivity index (χ1n) is 14.3. The number of aryl methyl sites for hydroxylation is 2. The SMILES string of the molecule is COc1cc(/C=N/NC(=O)c2ccc(COc3ccc(-n4c(C)ccc4C)cc3)o2)ccc1OC(=O)/C=C/c1ccc([N+](=O)[O-])cc1. The number of nitro benzene ring substituents is 1. The summed E-state index contributed by atoms with van der Waals surface area (Å²) in [6.07, 6.45) is 4.07. The number of aromatic nitrogens is 1. The van der Waals surface area contributed by atoms with E-state index in [2.05, 4.69) is 41.1 Å². The van der Waals surface area contributed by atoms with Crippen LogP contribution < -0.4 is 19.6 Å². The van der Waals surface area contributed by atoms with Crippen molar-refractivity contribution >= 4 is 29.9 Å². The summed E-state index contributed by atoms with van der Waals surface area (Å²) in [5, 5.41) is 14.8. The fourth-order valence-corrected chi connectivity index (χ4v) is 4.58. The number of carbonyl (C=O) groups is 2. The van der Waals surface area contributed by atoms with Gasteiger partial charge in [0.25, 0.3) is 5.69 Å². The van der Waals surface area contributed by atoms with Crippen molar-refractivity contribution in [2.45, 2.75) is 20.5 Å². The van der Waals surface area contributed by atoms with Crippen molar-refractivity contribution in [3.63, 3.8) is 0 Å². The molecule has 0 unspecified atom stereocenters. The van der Waals surface area contributed by atoms with E-state index in [1.165, 1.54) is 61.9 Å². The number of carbonyl (C=O) groups excluding carboxylic acids is 2. The molecular weight excluding hydrogens is 604 g/mol. The van der Waals surface area contributed by atoms with Gasteiger partial charge < -0.3 is 23.2 Å². The Morgan fingerprint density at radius 3 is 2.30 bits per heavy atom. The Kier molecular flexibility index (Phi) is 9.91. The molecule has 47 heavy (non-hydrogen) atoms. The first kappa shape index (κ1) is 32.0. The van der Waals surface area contributed by atoms with Gasteiger partial charge >= 0.3 is 11.9 Å². The molecule has 0 aliphatic carbocycles. The van der Waals surface area contributed by atoms with E-state index < -0.39 is 16.8 Å². The molecular formula is C35H30N4O8. The summed E-state index contributed by atoms with van der Waals surface area (Å²) >= 11 is 0. The fourth-order valence-electron chi connectivity index (χ4n) is 4.58. The molecule has 0 atom stereocenters. The Hall–Kier alpha value is -6.43. The zero-order valence-corrected chi connectivity index (χ0v) is 25.7. The number of benzene rings is 3. The van der Waals surface area contributed by atoms with Crippen LogP contribution in [-0.2, 0) is 11.4 Å². The van der Waals surface area contributed by atoms with Gasteiger partial charge in [-0.05, 0) is 110 Å². The number of esters is 1. The van der Waals surface area contributed by atoms with Gasteiger partial charge in [-0.15, -0.1) is 0 Å². The number of nitrogens with zero attached hydrogens (tertiary/aromatic N) is 3. The van der Waals surface area contributed by atoms with Crippen LogP contribution in [0, 0.1) is 24.0 Å². The number of rotatable bonds is 12. The molecule has 0 aliphatic rings. The number of ether oxygens (including phenoxy) is 3. The summed E-state index contributed by atoms with van der Waals surface area (Å²) < 4.78 is 24.3. The molecule has 0 radical (unpaired) electrons. The normalized spacial score (nSPS) is 11.1. The summed E-state index contributed by atoms with van der Waals surface area (Å²) in [7, 11) is 1.42. The van der Waals surface area contributed by atoms with E-state index in [-0.39, 0.29) is 29.6 Å². The van der Waals surface area contributed by atoms with Crippen LogP contribution in [0.25, 0.3) is 11.8 Å². The van der Waals surface area contributed by atoms with Gasteiger partial charge in [-0.25, -0.2) is 10.2 Å². The minimum atomic E-state index is -0.672. The average molecular weight is 635 g/mol. The summed E-state index contributed by atoms with van der Waals surface area (Å²) in [6, 6.07) is 25.5. The van der Waals surface area contributed by atoms with Crippen LogP contribution in [0.15, 0.2) is 107 Å². The average Bonchev–Trinajstić information content (AvgIpc) is 3.69. The van der Waals surface area contributed by atoms with Gasteiger partial charge in [0.15, 0.2) is 17.3 Å². The lowest BCUT2D eigenvalue weighted by atomic mass is 10.2. The number of nitro groups is 1. The zero-order valence-electron chi connectivity index (χ0n) is 25.7. The van der Waals surface area contributed by atoms with E-state index in [0.29, 0.717) is 22.6 Å². The maximum atomic E-state index is 12.6. The van der Waals surface area contributed by atoms with Crippen LogP contribution in [0.2, 0.25) is 0 Å². The smallest absolute Gasteiger partial charge is 0.336 e. The molecule has 3 aromatic carbocycles. The van der Waals surface area contributed by atoms with Crippen LogP contribution >= 0.6 is 0 Å². The highest BCUT2D eigenvalue weighted by molar-refractivity contribution is 5.92. The minimum Gasteiger partial charge on any atom is -0.493 e. The number of hydrazone groups is 1. The minimum absolute atomic E-state index is 0.0504. The van der Waals surface area contributed by atoms with Crippen LogP contribution in [0.4, 0.5) is 5.69 Å². The van der Waals surface area contributed by atoms with Crippen molar-refractivity contribution in [3.8, 4) is 22.9 Å². The highest BCUT2D eigenvalue weighted by atomic mass is 16.6. The number of furan rings is 1. The maximum Gasteiger partial charge on any atom is 0.336 e. The number of hydrogen-bond donors (Lipinski definition) is 1. The van der Waals surface area contributed by atoms with Gasteiger partial charge in [-0.2, -0.15) is 5.10 Å². The van der Waals surface area contributed by atoms with Crippen LogP contribution in [-0.4, -0.2) is 34.7 Å². The van der Waals surface area contributed by atoms with Crippen LogP contribution in [0.3, 0.4) is 0 Å². The molecule has 12 nitrogen and oxygen atoms in total. The summed E-state index contributed by atoms with van der Waals surface area (Å²) in [6.45, 7) is 4.25. The van der Waals surface area contributed by atoms with Crippen molar-refractivity contribution < 1.29 is 33.1 Å². The predicted octanol–water partition coefficient (Wildman–Crippen LogP) is 6.57. The molecule has 0 saturated carbocycles. The lowest BCUT2D eigenvalue weighted by molar-refractivity contribution is -0.384. The quantitative estimate of drug-likeness (QED) is 0.0405. The maximum absolute atomic E-state index is 12.6. The van der Waals surface area contributed by atoms with Gasteiger partial charge in [-0.1, -0.05) is 0 Å². The molecule has 0 fully saturated rings. The first-order valence-corrected chi connectivity index (χ1v) is 14.3. The molecule has 2 aromatic heterocycles. The second kappa shape index (κ2) is 14.6. The number of hydrogen-bond acceptors (Lipinski definition) is 9. The molecule has 5 rings (SSSR count). The first-order chi connectivity index (χ1) is 22.7. The number of amides is 1. The van der Waals surface area contributed by atoms with Gasteiger partial charge in [-0.3, -0.25) is 14.9 Å². The molecule has 0 aliphatic heterocycles. The molecule has 12 heteroatoms. The summed E-state index contributed by atoms with van der Waals surface area (Å²) in [5.74, 6) is 0.408. The Morgan fingerprint density at radius 1 is 0.915 bits per heavy atom. The van der Waals surface area contributed by atoms with E-state index >= 15 is 0 Å². The van der Waals surface area contributed by atoms with E-state index in [1.807, 2.05) is 24.3 Å². The topological polar surface area (TPSA) is 147 Å². The second-order valence-electron chi connectivity index (χ2n) is 10.2. The van der Waals surface area contributed by atoms with E-state index in [1.54, 1.807) is 18.2 Å². The van der Waals surface area contributed by atoms with Gasteiger partial charge in [0.05, 0.1) is 18.2 Å². The molecule has 5 aromatic rings.